The van der Waals surface area contributed by atoms with Crippen molar-refractivity contribution < 1.29 is 22.7 Å². The van der Waals surface area contributed by atoms with E-state index in [1.54, 1.807) is 20.8 Å². The Morgan fingerprint density at radius 3 is 2.41 bits per heavy atom. The number of carbonyl (C=O) groups is 1. The SMILES string of the molecule is C=CCN([C@@H](C(=O)OC)C(C)(C)S)S(=O)(=O)c1ccc(OCC#CC)cc1. The van der Waals surface area contributed by atoms with Crippen molar-refractivity contribution in [2.24, 2.45) is 0 Å². The first kappa shape index (κ1) is 23.1. The Labute approximate surface area is 167 Å². The highest BCUT2D eigenvalue weighted by molar-refractivity contribution is 7.89. The Morgan fingerprint density at radius 2 is 1.96 bits per heavy atom. The summed E-state index contributed by atoms with van der Waals surface area (Å²) in [5.41, 5.74) is 0. The van der Waals surface area contributed by atoms with Gasteiger partial charge in [-0.05, 0) is 45.0 Å². The van der Waals surface area contributed by atoms with Crippen molar-refractivity contribution in [1.29, 1.82) is 0 Å². The van der Waals surface area contributed by atoms with E-state index >= 15 is 0 Å². The molecule has 1 atom stereocenters. The molecule has 0 aliphatic heterocycles. The maximum absolute atomic E-state index is 13.2. The molecule has 1 aromatic carbocycles. The van der Waals surface area contributed by atoms with Gasteiger partial charge < -0.3 is 9.47 Å². The van der Waals surface area contributed by atoms with Crippen molar-refractivity contribution in [2.45, 2.75) is 36.5 Å². The predicted molar refractivity (Wildman–Crippen MR) is 108 cm³/mol. The molecule has 0 unspecified atom stereocenters. The van der Waals surface area contributed by atoms with E-state index in [0.717, 1.165) is 4.31 Å². The van der Waals surface area contributed by atoms with Gasteiger partial charge in [-0.15, -0.1) is 12.5 Å². The number of ether oxygens (including phenoxy) is 2. The van der Waals surface area contributed by atoms with Gasteiger partial charge in [0, 0.05) is 11.3 Å². The molecule has 1 aromatic rings. The van der Waals surface area contributed by atoms with Gasteiger partial charge in [0.2, 0.25) is 10.0 Å². The monoisotopic (exact) mass is 411 g/mol. The highest BCUT2D eigenvalue weighted by Crippen LogP contribution is 2.29. The van der Waals surface area contributed by atoms with E-state index in [9.17, 15) is 13.2 Å². The summed E-state index contributed by atoms with van der Waals surface area (Å²) in [6.07, 6.45) is 1.41. The predicted octanol–water partition coefficient (Wildman–Crippen LogP) is 2.52. The van der Waals surface area contributed by atoms with Crippen LogP contribution in [0.3, 0.4) is 0 Å². The first-order chi connectivity index (χ1) is 12.6. The topological polar surface area (TPSA) is 72.9 Å². The van der Waals surface area contributed by atoms with Crippen LogP contribution in [0.1, 0.15) is 20.8 Å². The minimum atomic E-state index is -4.01. The highest BCUT2D eigenvalue weighted by Gasteiger charge is 2.43. The number of hydrogen-bond donors (Lipinski definition) is 1. The van der Waals surface area contributed by atoms with Crippen LogP contribution in [0.5, 0.6) is 5.75 Å². The zero-order valence-electron chi connectivity index (χ0n) is 15.9. The summed E-state index contributed by atoms with van der Waals surface area (Å²) in [6.45, 7) is 8.73. The van der Waals surface area contributed by atoms with Gasteiger partial charge in [0.15, 0.2) is 0 Å². The van der Waals surface area contributed by atoms with Crippen molar-refractivity contribution in [3.05, 3.63) is 36.9 Å². The molecule has 0 saturated carbocycles. The summed E-state index contributed by atoms with van der Waals surface area (Å²) in [6, 6.07) is 4.77. The average molecular weight is 412 g/mol. The smallest absolute Gasteiger partial charge is 0.325 e. The minimum Gasteiger partial charge on any atom is -0.481 e. The molecule has 0 aliphatic rings. The van der Waals surface area contributed by atoms with Gasteiger partial charge in [0.1, 0.15) is 18.4 Å². The second-order valence-corrected chi connectivity index (χ2v) is 9.17. The fraction of sp³-hybridized carbons (Fsp3) is 0.421. The van der Waals surface area contributed by atoms with Crippen LogP contribution in [0.15, 0.2) is 41.8 Å². The van der Waals surface area contributed by atoms with Crippen molar-refractivity contribution in [3.8, 4) is 17.6 Å². The standard InChI is InChI=1S/C19H25NO5S2/c1-6-8-14-25-15-9-11-16(12-10-15)27(22,23)20(13-7-2)17(18(21)24-5)19(3,4)26/h7,9-12,17,26H,2,13-14H2,1,3-5H3/t17-/m0/s1. The van der Waals surface area contributed by atoms with Crippen LogP contribution in [-0.2, 0) is 19.6 Å². The molecule has 1 rings (SSSR count). The molecular weight excluding hydrogens is 386 g/mol. The molecule has 0 bridgehead atoms. The van der Waals surface area contributed by atoms with Gasteiger partial charge in [-0.2, -0.15) is 16.9 Å². The molecule has 27 heavy (non-hydrogen) atoms. The fourth-order valence-corrected chi connectivity index (χ4v) is 4.38. The Hall–Kier alpha value is -1.95. The lowest BCUT2D eigenvalue weighted by molar-refractivity contribution is -0.145. The van der Waals surface area contributed by atoms with Crippen LogP contribution in [-0.4, -0.2) is 49.7 Å². The molecular formula is C19H25NO5S2. The quantitative estimate of drug-likeness (QED) is 0.293. The molecule has 148 valence electrons. The number of carbonyl (C=O) groups excluding carboxylic acids is 1. The summed E-state index contributed by atoms with van der Waals surface area (Å²) < 4.78 is 36.6. The Morgan fingerprint density at radius 1 is 1.37 bits per heavy atom. The van der Waals surface area contributed by atoms with Crippen molar-refractivity contribution in [3.63, 3.8) is 0 Å². The maximum Gasteiger partial charge on any atom is 0.325 e. The zero-order valence-corrected chi connectivity index (χ0v) is 17.6. The molecule has 0 spiro atoms. The van der Waals surface area contributed by atoms with E-state index in [0.29, 0.717) is 5.75 Å². The Balaban J connectivity index is 3.30. The zero-order chi connectivity index (χ0) is 20.7. The molecule has 0 radical (unpaired) electrons. The van der Waals surface area contributed by atoms with Crippen LogP contribution in [0.2, 0.25) is 0 Å². The summed E-state index contributed by atoms with van der Waals surface area (Å²) >= 11 is 4.41. The van der Waals surface area contributed by atoms with Gasteiger partial charge in [0.05, 0.1) is 12.0 Å². The molecule has 6 nitrogen and oxygen atoms in total. The first-order valence-corrected chi connectivity index (χ1v) is 10.0. The Bertz CT molecular complexity index is 814. The number of sulfonamides is 1. The molecule has 0 heterocycles. The molecule has 0 aromatic heterocycles. The lowest BCUT2D eigenvalue weighted by Gasteiger charge is -2.35. The van der Waals surface area contributed by atoms with E-state index in [-0.39, 0.29) is 18.0 Å². The van der Waals surface area contributed by atoms with Crippen LogP contribution < -0.4 is 4.74 Å². The van der Waals surface area contributed by atoms with Crippen LogP contribution in [0.4, 0.5) is 0 Å². The lowest BCUT2D eigenvalue weighted by atomic mass is 10.0. The fourth-order valence-electron chi connectivity index (χ4n) is 2.37. The van der Waals surface area contributed by atoms with Crippen molar-refractivity contribution in [2.75, 3.05) is 20.3 Å². The molecule has 8 heteroatoms. The second kappa shape index (κ2) is 9.83. The second-order valence-electron chi connectivity index (χ2n) is 6.13. The number of benzene rings is 1. The van der Waals surface area contributed by atoms with Gasteiger partial charge in [-0.3, -0.25) is 4.79 Å². The highest BCUT2D eigenvalue weighted by atomic mass is 32.2. The van der Waals surface area contributed by atoms with Crippen LogP contribution >= 0.6 is 12.6 Å². The van der Waals surface area contributed by atoms with Crippen molar-refractivity contribution >= 4 is 28.6 Å². The third-order valence-electron chi connectivity index (χ3n) is 3.61. The van der Waals surface area contributed by atoms with Crippen LogP contribution in [0.25, 0.3) is 0 Å². The number of rotatable bonds is 9. The number of nitrogens with zero attached hydrogens (tertiary/aromatic N) is 1. The normalized spacial score (nSPS) is 12.7. The van der Waals surface area contributed by atoms with Gasteiger partial charge >= 0.3 is 5.97 Å². The molecule has 0 fully saturated rings. The molecule has 0 saturated heterocycles. The number of esters is 1. The molecule has 0 N–H and O–H groups in total. The van der Waals surface area contributed by atoms with E-state index in [4.69, 9.17) is 9.47 Å². The van der Waals surface area contributed by atoms with Crippen molar-refractivity contribution in [1.82, 2.24) is 4.31 Å². The van der Waals surface area contributed by atoms with E-state index < -0.39 is 26.8 Å². The third-order valence-corrected chi connectivity index (χ3v) is 5.70. The van der Waals surface area contributed by atoms with Gasteiger partial charge in [-0.25, -0.2) is 8.42 Å². The summed E-state index contributed by atoms with van der Waals surface area (Å²) in [4.78, 5) is 12.3. The summed E-state index contributed by atoms with van der Waals surface area (Å²) in [5, 5.41) is 0. The number of thiol groups is 1. The van der Waals surface area contributed by atoms with Crippen LogP contribution in [0, 0.1) is 11.8 Å². The maximum atomic E-state index is 13.2. The summed E-state index contributed by atoms with van der Waals surface area (Å²) in [7, 11) is -2.81. The number of hydrogen-bond acceptors (Lipinski definition) is 6. The molecule has 0 aliphatic carbocycles. The molecule has 0 amide bonds. The number of methoxy groups -OCH3 is 1. The lowest BCUT2D eigenvalue weighted by Crippen LogP contribution is -2.54. The Kier molecular flexibility index (Phi) is 8.41. The average Bonchev–Trinajstić information content (AvgIpc) is 2.60. The third kappa shape index (κ3) is 6.03. The minimum absolute atomic E-state index is 0.0183. The van der Waals surface area contributed by atoms with Gasteiger partial charge in [-0.1, -0.05) is 12.0 Å². The van der Waals surface area contributed by atoms with E-state index in [2.05, 4.69) is 31.0 Å². The van der Waals surface area contributed by atoms with Gasteiger partial charge in [0.25, 0.3) is 0 Å². The van der Waals surface area contributed by atoms with E-state index in [1.165, 1.54) is 37.5 Å². The summed E-state index contributed by atoms with van der Waals surface area (Å²) in [5.74, 6) is 5.26. The first-order valence-electron chi connectivity index (χ1n) is 8.15. The van der Waals surface area contributed by atoms with E-state index in [1.807, 2.05) is 0 Å². The largest absolute Gasteiger partial charge is 0.481 e.